The average Bonchev–Trinajstić information content (AvgIpc) is 2.41. The van der Waals surface area contributed by atoms with E-state index in [2.05, 4.69) is 12.3 Å². The summed E-state index contributed by atoms with van der Waals surface area (Å²) in [5.74, 6) is 0.0487. The van der Waals surface area contributed by atoms with Crippen LogP contribution < -0.4 is 5.73 Å². The van der Waals surface area contributed by atoms with E-state index in [4.69, 9.17) is 5.73 Å². The van der Waals surface area contributed by atoms with Gasteiger partial charge in [-0.3, -0.25) is 0 Å². The SMILES string of the molecule is C=C=C(O)c1ccccc1Sc1ccccc1N. The highest BCUT2D eigenvalue weighted by Crippen LogP contribution is 2.35. The minimum Gasteiger partial charge on any atom is -0.501 e. The van der Waals surface area contributed by atoms with Crippen LogP contribution in [0.4, 0.5) is 5.69 Å². The van der Waals surface area contributed by atoms with E-state index in [-0.39, 0.29) is 5.76 Å². The van der Waals surface area contributed by atoms with Crippen molar-refractivity contribution in [3.63, 3.8) is 0 Å². The molecule has 0 saturated carbocycles. The second-order valence-electron chi connectivity index (χ2n) is 3.66. The zero-order valence-electron chi connectivity index (χ0n) is 9.76. The molecule has 0 saturated heterocycles. The van der Waals surface area contributed by atoms with Crippen molar-refractivity contribution in [2.75, 3.05) is 5.73 Å². The molecule has 2 nitrogen and oxygen atoms in total. The van der Waals surface area contributed by atoms with Crippen LogP contribution in [0.5, 0.6) is 0 Å². The average molecular weight is 255 g/mol. The highest BCUT2D eigenvalue weighted by molar-refractivity contribution is 7.99. The molecule has 2 rings (SSSR count). The van der Waals surface area contributed by atoms with E-state index in [9.17, 15) is 5.11 Å². The molecular formula is C15H13NOS. The third-order valence-corrected chi connectivity index (χ3v) is 3.62. The fourth-order valence-electron chi connectivity index (χ4n) is 1.54. The lowest BCUT2D eigenvalue weighted by molar-refractivity contribution is 0.511. The van der Waals surface area contributed by atoms with E-state index >= 15 is 0 Å². The molecule has 0 fully saturated rings. The Hall–Kier alpha value is -2.09. The van der Waals surface area contributed by atoms with Gasteiger partial charge in [-0.05, 0) is 24.3 Å². The number of aliphatic hydroxyl groups is 1. The molecule has 0 aliphatic carbocycles. The van der Waals surface area contributed by atoms with E-state index in [0.29, 0.717) is 5.56 Å². The van der Waals surface area contributed by atoms with Crippen LogP contribution in [-0.2, 0) is 0 Å². The zero-order chi connectivity index (χ0) is 13.0. The molecular weight excluding hydrogens is 242 g/mol. The minimum atomic E-state index is 0.0487. The summed E-state index contributed by atoms with van der Waals surface area (Å²) in [4.78, 5) is 1.88. The monoisotopic (exact) mass is 255 g/mol. The summed E-state index contributed by atoms with van der Waals surface area (Å²) in [6, 6.07) is 15.2. The first-order chi connectivity index (χ1) is 8.72. The predicted octanol–water partition coefficient (Wildman–Crippen LogP) is 4.10. The number of hydrogen-bond donors (Lipinski definition) is 2. The van der Waals surface area contributed by atoms with Crippen molar-refractivity contribution in [2.45, 2.75) is 9.79 Å². The van der Waals surface area contributed by atoms with Gasteiger partial charge in [0.15, 0.2) is 5.76 Å². The van der Waals surface area contributed by atoms with Crippen molar-refractivity contribution >= 4 is 23.2 Å². The van der Waals surface area contributed by atoms with E-state index < -0.39 is 0 Å². The van der Waals surface area contributed by atoms with Crippen LogP contribution >= 0.6 is 11.8 Å². The maximum atomic E-state index is 9.76. The molecule has 0 bridgehead atoms. The van der Waals surface area contributed by atoms with Gasteiger partial charge < -0.3 is 10.8 Å². The molecule has 0 atom stereocenters. The smallest absolute Gasteiger partial charge is 0.167 e. The molecule has 0 heterocycles. The quantitative estimate of drug-likeness (QED) is 0.493. The number of para-hydroxylation sites is 1. The molecule has 2 aromatic rings. The largest absolute Gasteiger partial charge is 0.501 e. The standard InChI is InChI=1S/C15H13NOS/c1-2-13(17)11-7-3-5-9-14(11)18-15-10-6-4-8-12(15)16/h3-10,17H,1,16H2. The van der Waals surface area contributed by atoms with Crippen LogP contribution in [0.2, 0.25) is 0 Å². The molecule has 0 spiro atoms. The van der Waals surface area contributed by atoms with Crippen LogP contribution in [0.1, 0.15) is 5.56 Å². The molecule has 18 heavy (non-hydrogen) atoms. The summed E-state index contributed by atoms with van der Waals surface area (Å²) < 4.78 is 0. The van der Waals surface area contributed by atoms with Gasteiger partial charge in [-0.15, -0.1) is 0 Å². The second kappa shape index (κ2) is 5.50. The Labute approximate surface area is 110 Å². The van der Waals surface area contributed by atoms with Gasteiger partial charge in [0.05, 0.1) is 0 Å². The van der Waals surface area contributed by atoms with Crippen molar-refractivity contribution in [3.8, 4) is 0 Å². The zero-order valence-corrected chi connectivity index (χ0v) is 10.6. The van der Waals surface area contributed by atoms with Crippen LogP contribution in [0.3, 0.4) is 0 Å². The Morgan fingerprint density at radius 1 is 1.06 bits per heavy atom. The van der Waals surface area contributed by atoms with Crippen molar-refractivity contribution in [1.82, 2.24) is 0 Å². The highest BCUT2D eigenvalue weighted by atomic mass is 32.2. The maximum absolute atomic E-state index is 9.76. The number of hydrogen-bond acceptors (Lipinski definition) is 3. The van der Waals surface area contributed by atoms with Crippen LogP contribution in [-0.4, -0.2) is 5.11 Å². The fourth-order valence-corrected chi connectivity index (χ4v) is 2.53. The normalized spacial score (nSPS) is 9.78. The third-order valence-electron chi connectivity index (χ3n) is 2.45. The number of anilines is 1. The predicted molar refractivity (Wildman–Crippen MR) is 76.6 cm³/mol. The third kappa shape index (κ3) is 2.59. The van der Waals surface area contributed by atoms with Gasteiger partial charge >= 0.3 is 0 Å². The van der Waals surface area contributed by atoms with Crippen molar-refractivity contribution < 1.29 is 5.11 Å². The number of nitrogen functional groups attached to an aromatic ring is 1. The summed E-state index contributed by atoms with van der Waals surface area (Å²) in [5, 5.41) is 9.76. The summed E-state index contributed by atoms with van der Waals surface area (Å²) in [6.45, 7) is 3.46. The molecule has 3 N–H and O–H groups in total. The first-order valence-electron chi connectivity index (χ1n) is 5.43. The Morgan fingerprint density at radius 2 is 1.67 bits per heavy atom. The van der Waals surface area contributed by atoms with Gasteiger partial charge in [-0.25, -0.2) is 0 Å². The Balaban J connectivity index is 2.41. The van der Waals surface area contributed by atoms with Crippen molar-refractivity contribution in [3.05, 3.63) is 66.4 Å². The molecule has 0 aliphatic rings. The molecule has 90 valence electrons. The van der Waals surface area contributed by atoms with E-state index in [1.165, 1.54) is 11.8 Å². The van der Waals surface area contributed by atoms with Crippen molar-refractivity contribution in [2.24, 2.45) is 0 Å². The van der Waals surface area contributed by atoms with Gasteiger partial charge in [0.25, 0.3) is 0 Å². The minimum absolute atomic E-state index is 0.0487. The first-order valence-corrected chi connectivity index (χ1v) is 6.25. The Bertz CT molecular complexity index is 615. The van der Waals surface area contributed by atoms with Crippen LogP contribution in [0.15, 0.2) is 70.6 Å². The topological polar surface area (TPSA) is 46.2 Å². The number of rotatable bonds is 3. The van der Waals surface area contributed by atoms with Gasteiger partial charge in [0.2, 0.25) is 0 Å². The number of benzene rings is 2. The van der Waals surface area contributed by atoms with Crippen molar-refractivity contribution in [1.29, 1.82) is 0 Å². The van der Waals surface area contributed by atoms with E-state index in [0.717, 1.165) is 15.5 Å². The maximum Gasteiger partial charge on any atom is 0.167 e. The number of nitrogens with two attached hydrogens (primary N) is 1. The molecule has 0 radical (unpaired) electrons. The molecule has 2 aromatic carbocycles. The Kier molecular flexibility index (Phi) is 3.78. The van der Waals surface area contributed by atoms with Crippen LogP contribution in [0, 0.1) is 0 Å². The first kappa shape index (κ1) is 12.4. The summed E-state index contributed by atoms with van der Waals surface area (Å²) in [7, 11) is 0. The molecule has 0 amide bonds. The van der Waals surface area contributed by atoms with Gasteiger partial charge in [-0.1, -0.05) is 48.3 Å². The molecule has 3 heteroatoms. The van der Waals surface area contributed by atoms with Gasteiger partial charge in [-0.2, -0.15) is 0 Å². The summed E-state index contributed by atoms with van der Waals surface area (Å²) in [6.07, 6.45) is 0. The van der Waals surface area contributed by atoms with Gasteiger partial charge in [0, 0.05) is 21.0 Å². The van der Waals surface area contributed by atoms with E-state index in [1.807, 2.05) is 48.5 Å². The highest BCUT2D eigenvalue weighted by Gasteiger charge is 2.08. The lowest BCUT2D eigenvalue weighted by Crippen LogP contribution is -1.89. The second-order valence-corrected chi connectivity index (χ2v) is 4.75. The Morgan fingerprint density at radius 3 is 2.33 bits per heavy atom. The summed E-state index contributed by atoms with van der Waals surface area (Å²) in [5.41, 5.74) is 9.84. The molecule has 0 aliphatic heterocycles. The lowest BCUT2D eigenvalue weighted by Gasteiger charge is -2.08. The molecule has 0 aromatic heterocycles. The fraction of sp³-hybridized carbons (Fsp3) is 0. The van der Waals surface area contributed by atoms with Gasteiger partial charge in [0.1, 0.15) is 0 Å². The summed E-state index contributed by atoms with van der Waals surface area (Å²) >= 11 is 1.51. The van der Waals surface area contributed by atoms with Crippen LogP contribution in [0.25, 0.3) is 5.76 Å². The lowest BCUT2D eigenvalue weighted by atomic mass is 10.2. The van der Waals surface area contributed by atoms with E-state index in [1.54, 1.807) is 0 Å². The molecule has 0 unspecified atom stereocenters. The number of aliphatic hydroxyl groups excluding tert-OH is 1.